The van der Waals surface area contributed by atoms with E-state index in [1.807, 2.05) is 0 Å². The van der Waals surface area contributed by atoms with E-state index in [1.165, 1.54) is 59.2 Å². The maximum Gasteiger partial charge on any atom is 0.279 e. The van der Waals surface area contributed by atoms with Crippen molar-refractivity contribution in [1.82, 2.24) is 30.1 Å². The molecule has 0 saturated heterocycles. The molecule has 0 spiro atoms. The van der Waals surface area contributed by atoms with Crippen LogP contribution in [0.4, 0.5) is 5.13 Å². The predicted octanol–water partition coefficient (Wildman–Crippen LogP) is 2.37. The third-order valence-corrected chi connectivity index (χ3v) is 4.90. The van der Waals surface area contributed by atoms with Crippen LogP contribution < -0.4 is 5.32 Å². The highest BCUT2D eigenvalue weighted by Crippen LogP contribution is 2.18. The van der Waals surface area contributed by atoms with E-state index in [-0.39, 0.29) is 18.1 Å². The minimum absolute atomic E-state index is 0.0362. The first-order valence-corrected chi connectivity index (χ1v) is 10.0. The lowest BCUT2D eigenvalue weighted by Crippen LogP contribution is -2.26. The summed E-state index contributed by atoms with van der Waals surface area (Å²) in [5.41, 5.74) is 0.134. The second kappa shape index (κ2) is 10.7. The van der Waals surface area contributed by atoms with Crippen LogP contribution in [0.3, 0.4) is 0 Å². The molecule has 148 valence electrons. The number of amides is 2. The monoisotopic (exact) mass is 393 g/mol. The Morgan fingerprint density at radius 3 is 2.59 bits per heavy atom. The normalized spacial score (nSPS) is 10.8. The number of nitrogens with zero attached hydrogens (tertiary/aromatic N) is 6. The van der Waals surface area contributed by atoms with E-state index in [1.54, 1.807) is 14.1 Å². The van der Waals surface area contributed by atoms with Gasteiger partial charge in [-0.2, -0.15) is 0 Å². The lowest BCUT2D eigenvalue weighted by Gasteiger charge is -2.08. The molecular weight excluding hydrogens is 366 g/mol. The van der Waals surface area contributed by atoms with Crippen molar-refractivity contribution in [3.63, 3.8) is 0 Å². The van der Waals surface area contributed by atoms with E-state index in [0.717, 1.165) is 17.8 Å². The highest BCUT2D eigenvalue weighted by molar-refractivity contribution is 7.15. The van der Waals surface area contributed by atoms with Gasteiger partial charge in [0.1, 0.15) is 11.6 Å². The van der Waals surface area contributed by atoms with Gasteiger partial charge in [0, 0.05) is 20.5 Å². The van der Waals surface area contributed by atoms with Crippen molar-refractivity contribution in [2.75, 3.05) is 19.4 Å². The van der Waals surface area contributed by atoms with Gasteiger partial charge in [0.25, 0.3) is 5.91 Å². The van der Waals surface area contributed by atoms with E-state index < -0.39 is 5.91 Å². The number of hydrogen-bond acceptors (Lipinski definition) is 7. The largest absolute Gasteiger partial charge is 0.347 e. The Morgan fingerprint density at radius 2 is 1.85 bits per heavy atom. The number of nitrogens with one attached hydrogen (secondary N) is 1. The number of unbranched alkanes of at least 4 members (excludes halogenated alkanes) is 5. The van der Waals surface area contributed by atoms with Crippen LogP contribution in [0.15, 0.2) is 6.20 Å². The topological polar surface area (TPSA) is 106 Å². The van der Waals surface area contributed by atoms with Gasteiger partial charge in [-0.3, -0.25) is 14.9 Å². The molecule has 2 amide bonds. The van der Waals surface area contributed by atoms with Gasteiger partial charge in [0.05, 0.1) is 6.20 Å². The van der Waals surface area contributed by atoms with Gasteiger partial charge in [-0.15, -0.1) is 15.3 Å². The lowest BCUT2D eigenvalue weighted by atomic mass is 10.1. The SMILES string of the molecule is CCCCCCCCc1nnc(NC(=O)c2cn(CC(=O)N(C)C)nn2)s1. The highest BCUT2D eigenvalue weighted by Gasteiger charge is 2.15. The first-order valence-electron chi connectivity index (χ1n) is 9.23. The van der Waals surface area contributed by atoms with Gasteiger partial charge in [-0.25, -0.2) is 4.68 Å². The Hall–Kier alpha value is -2.36. The Balaban J connectivity index is 1.78. The zero-order valence-electron chi connectivity index (χ0n) is 16.1. The summed E-state index contributed by atoms with van der Waals surface area (Å²) in [6.45, 7) is 2.25. The summed E-state index contributed by atoms with van der Waals surface area (Å²) in [7, 11) is 3.32. The zero-order valence-corrected chi connectivity index (χ0v) is 17.0. The Morgan fingerprint density at radius 1 is 1.11 bits per heavy atom. The molecule has 0 aliphatic carbocycles. The Kier molecular flexibility index (Phi) is 8.31. The minimum atomic E-state index is -0.416. The van der Waals surface area contributed by atoms with E-state index in [2.05, 4.69) is 32.7 Å². The number of likely N-dealkylation sites (N-methyl/N-ethyl adjacent to an activating group) is 1. The molecule has 27 heavy (non-hydrogen) atoms. The summed E-state index contributed by atoms with van der Waals surface area (Å²) >= 11 is 1.38. The Bertz CT molecular complexity index is 741. The van der Waals surface area contributed by atoms with E-state index >= 15 is 0 Å². The molecular formula is C17H27N7O2S. The molecule has 2 rings (SSSR count). The lowest BCUT2D eigenvalue weighted by molar-refractivity contribution is -0.129. The van der Waals surface area contributed by atoms with Crippen molar-refractivity contribution < 1.29 is 9.59 Å². The van der Waals surface area contributed by atoms with Crippen LogP contribution in [0, 0.1) is 0 Å². The summed E-state index contributed by atoms with van der Waals surface area (Å²) in [5.74, 6) is -0.545. The third-order valence-electron chi connectivity index (χ3n) is 4.00. The van der Waals surface area contributed by atoms with Crippen LogP contribution in [0.2, 0.25) is 0 Å². The number of carbonyl (C=O) groups is 2. The number of anilines is 1. The van der Waals surface area contributed by atoms with E-state index in [9.17, 15) is 9.59 Å². The fourth-order valence-corrected chi connectivity index (χ4v) is 3.16. The van der Waals surface area contributed by atoms with Gasteiger partial charge in [0.15, 0.2) is 5.69 Å². The maximum atomic E-state index is 12.2. The molecule has 0 fully saturated rings. The molecule has 10 heteroatoms. The van der Waals surface area contributed by atoms with Crippen LogP contribution in [0.5, 0.6) is 0 Å². The van der Waals surface area contributed by atoms with Crippen LogP contribution in [-0.4, -0.2) is 56.0 Å². The number of rotatable bonds is 11. The van der Waals surface area contributed by atoms with Gasteiger partial charge in [-0.05, 0) is 6.42 Å². The molecule has 0 unspecified atom stereocenters. The summed E-state index contributed by atoms with van der Waals surface area (Å²) in [6.07, 6.45) is 9.67. The average molecular weight is 394 g/mol. The Labute approximate surface area is 163 Å². The highest BCUT2D eigenvalue weighted by atomic mass is 32.1. The van der Waals surface area contributed by atoms with Crippen molar-refractivity contribution in [2.45, 2.75) is 58.4 Å². The fourth-order valence-electron chi connectivity index (χ4n) is 2.38. The van der Waals surface area contributed by atoms with E-state index in [0.29, 0.717) is 5.13 Å². The van der Waals surface area contributed by atoms with Crippen molar-refractivity contribution in [1.29, 1.82) is 0 Å². The maximum absolute atomic E-state index is 12.2. The molecule has 0 saturated carbocycles. The standard InChI is InChI=1S/C17H27N7O2S/c1-4-5-6-7-8-9-10-14-20-21-17(27-14)18-16(26)13-11-24(22-19-13)12-15(25)23(2)3/h11H,4-10,12H2,1-3H3,(H,18,21,26). The first-order chi connectivity index (χ1) is 13.0. The molecule has 9 nitrogen and oxygen atoms in total. The van der Waals surface area contributed by atoms with E-state index in [4.69, 9.17) is 0 Å². The second-order valence-corrected chi connectivity index (χ2v) is 7.62. The van der Waals surface area contributed by atoms with Crippen LogP contribution in [0.25, 0.3) is 0 Å². The average Bonchev–Trinajstić information content (AvgIpc) is 3.27. The fraction of sp³-hybridized carbons (Fsp3) is 0.647. The zero-order chi connectivity index (χ0) is 19.6. The molecule has 2 aromatic rings. The quantitative estimate of drug-likeness (QED) is 0.588. The van der Waals surface area contributed by atoms with Crippen molar-refractivity contribution in [2.24, 2.45) is 0 Å². The molecule has 2 heterocycles. The molecule has 0 radical (unpaired) electrons. The smallest absolute Gasteiger partial charge is 0.279 e. The van der Waals surface area contributed by atoms with Gasteiger partial charge in [0.2, 0.25) is 11.0 Å². The first kappa shape index (κ1) is 20.9. The van der Waals surface area contributed by atoms with Crippen LogP contribution in [0.1, 0.15) is 60.9 Å². The predicted molar refractivity (Wildman–Crippen MR) is 104 cm³/mol. The molecule has 0 aliphatic rings. The van der Waals surface area contributed by atoms with Gasteiger partial charge < -0.3 is 4.90 Å². The molecule has 0 bridgehead atoms. The minimum Gasteiger partial charge on any atom is -0.347 e. The molecule has 2 aromatic heterocycles. The summed E-state index contributed by atoms with van der Waals surface area (Å²) in [4.78, 5) is 25.4. The molecule has 0 aliphatic heterocycles. The number of aromatic nitrogens is 5. The third kappa shape index (κ3) is 7.05. The molecule has 0 atom stereocenters. The van der Waals surface area contributed by atoms with Gasteiger partial charge >= 0.3 is 0 Å². The van der Waals surface area contributed by atoms with Crippen molar-refractivity contribution >= 4 is 28.3 Å². The molecule has 0 aromatic carbocycles. The molecule has 1 N–H and O–H groups in total. The summed E-state index contributed by atoms with van der Waals surface area (Å²) in [6, 6.07) is 0. The van der Waals surface area contributed by atoms with Crippen molar-refractivity contribution in [3.8, 4) is 0 Å². The summed E-state index contributed by atoms with van der Waals surface area (Å²) in [5, 5.41) is 19.8. The summed E-state index contributed by atoms with van der Waals surface area (Å²) < 4.78 is 1.33. The van der Waals surface area contributed by atoms with Crippen LogP contribution in [-0.2, 0) is 17.8 Å². The number of carbonyl (C=O) groups excluding carboxylic acids is 2. The van der Waals surface area contributed by atoms with Crippen molar-refractivity contribution in [3.05, 3.63) is 16.9 Å². The second-order valence-electron chi connectivity index (χ2n) is 6.56. The number of aryl methyl sites for hydroxylation is 1. The van der Waals surface area contributed by atoms with Gasteiger partial charge in [-0.1, -0.05) is 55.6 Å². The number of hydrogen-bond donors (Lipinski definition) is 1. The van der Waals surface area contributed by atoms with Crippen LogP contribution >= 0.6 is 11.3 Å².